The summed E-state index contributed by atoms with van der Waals surface area (Å²) >= 11 is 0. The van der Waals surface area contributed by atoms with Crippen molar-refractivity contribution >= 4 is 0 Å². The van der Waals surface area contributed by atoms with Gasteiger partial charge in [-0.25, -0.2) is 0 Å². The monoisotopic (exact) mass is 303 g/mol. The molecule has 2 fully saturated rings. The Labute approximate surface area is 138 Å². The van der Waals surface area contributed by atoms with Crippen LogP contribution in [-0.2, 0) is 0 Å². The third-order valence-corrected chi connectivity index (χ3v) is 6.49. The van der Waals surface area contributed by atoms with Crippen LogP contribution in [0.1, 0.15) is 84.0 Å². The smallest absolute Gasteiger partial charge is 0.00671 e. The Hall–Kier alpha value is -0.300. The highest BCUT2D eigenvalue weighted by atomic mass is 14.9. The Kier molecular flexibility index (Phi) is 6.41. The summed E-state index contributed by atoms with van der Waals surface area (Å²) in [5, 5.41) is 3.85. The number of hydrogen-bond acceptors (Lipinski definition) is 1. The molecule has 2 saturated carbocycles. The van der Waals surface area contributed by atoms with Crippen molar-refractivity contribution < 1.29 is 0 Å². The molecule has 0 radical (unpaired) electrons. The lowest BCUT2D eigenvalue weighted by molar-refractivity contribution is 0.149. The summed E-state index contributed by atoms with van der Waals surface area (Å²) < 4.78 is 0. The van der Waals surface area contributed by atoms with Gasteiger partial charge in [-0.3, -0.25) is 0 Å². The van der Waals surface area contributed by atoms with Crippen LogP contribution in [0.25, 0.3) is 0 Å². The van der Waals surface area contributed by atoms with Gasteiger partial charge in [0, 0.05) is 6.04 Å². The molecule has 2 unspecified atom stereocenters. The van der Waals surface area contributed by atoms with Gasteiger partial charge in [-0.1, -0.05) is 51.2 Å². The normalized spacial score (nSPS) is 33.2. The summed E-state index contributed by atoms with van der Waals surface area (Å²) in [7, 11) is 0. The maximum Gasteiger partial charge on any atom is 0.00671 e. The van der Waals surface area contributed by atoms with Crippen LogP contribution in [0.3, 0.4) is 0 Å². The molecule has 0 aromatic carbocycles. The molecule has 0 aliphatic heterocycles. The third kappa shape index (κ3) is 5.11. The van der Waals surface area contributed by atoms with Crippen LogP contribution in [-0.4, -0.2) is 12.6 Å². The molecule has 0 aromatic heterocycles. The molecule has 3 aliphatic rings. The molecular weight excluding hydrogens is 266 g/mol. The van der Waals surface area contributed by atoms with Gasteiger partial charge in [-0.05, 0) is 75.2 Å². The molecule has 22 heavy (non-hydrogen) atoms. The van der Waals surface area contributed by atoms with E-state index >= 15 is 0 Å². The average Bonchev–Trinajstić information content (AvgIpc) is 2.45. The quantitative estimate of drug-likeness (QED) is 0.538. The van der Waals surface area contributed by atoms with E-state index in [0.717, 1.165) is 29.7 Å². The maximum absolute atomic E-state index is 3.85. The zero-order valence-electron chi connectivity index (χ0n) is 14.7. The van der Waals surface area contributed by atoms with Gasteiger partial charge in [0.05, 0.1) is 0 Å². The molecule has 0 saturated heterocycles. The van der Waals surface area contributed by atoms with E-state index in [4.69, 9.17) is 0 Å². The van der Waals surface area contributed by atoms with Crippen molar-refractivity contribution in [3.8, 4) is 0 Å². The summed E-state index contributed by atoms with van der Waals surface area (Å²) in [6.45, 7) is 3.80. The zero-order chi connectivity index (χ0) is 15.2. The molecule has 0 heterocycles. The summed E-state index contributed by atoms with van der Waals surface area (Å²) in [6.07, 6.45) is 22.2. The van der Waals surface area contributed by atoms with Crippen molar-refractivity contribution in [3.05, 3.63) is 12.2 Å². The number of rotatable bonds is 9. The van der Waals surface area contributed by atoms with Crippen molar-refractivity contribution in [2.45, 2.75) is 90.0 Å². The maximum atomic E-state index is 3.85. The zero-order valence-corrected chi connectivity index (χ0v) is 14.7. The minimum Gasteiger partial charge on any atom is -0.314 e. The van der Waals surface area contributed by atoms with E-state index in [0.29, 0.717) is 0 Å². The minimum atomic E-state index is 0.854. The molecule has 1 heteroatoms. The summed E-state index contributed by atoms with van der Waals surface area (Å²) in [5.41, 5.74) is 0. The summed E-state index contributed by atoms with van der Waals surface area (Å²) in [6, 6.07) is 0.854. The van der Waals surface area contributed by atoms with Crippen LogP contribution < -0.4 is 5.32 Å². The second-order valence-electron chi connectivity index (χ2n) is 8.64. The largest absolute Gasteiger partial charge is 0.314 e. The van der Waals surface area contributed by atoms with E-state index in [9.17, 15) is 0 Å². The van der Waals surface area contributed by atoms with Crippen molar-refractivity contribution in [2.75, 3.05) is 6.54 Å². The fourth-order valence-corrected chi connectivity index (χ4v) is 4.83. The van der Waals surface area contributed by atoms with Crippen molar-refractivity contribution in [1.29, 1.82) is 0 Å². The standard InChI is InChI=1S/C21H37N/c1-17(7-5-8-18-9-6-10-18)13-19-14-20(15-19)16-22-21-11-3-2-4-12-21/h6,9,17-22H,2-5,7-8,10-16H2,1H3. The van der Waals surface area contributed by atoms with E-state index in [1.807, 2.05) is 0 Å². The van der Waals surface area contributed by atoms with Crippen molar-refractivity contribution in [2.24, 2.45) is 23.7 Å². The Morgan fingerprint density at radius 1 is 1.09 bits per heavy atom. The molecule has 1 N–H and O–H groups in total. The molecule has 0 bridgehead atoms. The van der Waals surface area contributed by atoms with Crippen LogP contribution >= 0.6 is 0 Å². The first-order valence-electron chi connectivity index (χ1n) is 10.2. The van der Waals surface area contributed by atoms with E-state index in [1.165, 1.54) is 83.6 Å². The molecule has 1 nitrogen and oxygen atoms in total. The van der Waals surface area contributed by atoms with Gasteiger partial charge >= 0.3 is 0 Å². The fourth-order valence-electron chi connectivity index (χ4n) is 4.83. The molecule has 126 valence electrons. The second kappa shape index (κ2) is 8.52. The van der Waals surface area contributed by atoms with Gasteiger partial charge in [0.15, 0.2) is 0 Å². The lowest BCUT2D eigenvalue weighted by Crippen LogP contribution is -2.39. The molecule has 0 amide bonds. The molecule has 3 aliphatic carbocycles. The van der Waals surface area contributed by atoms with Gasteiger partial charge in [-0.15, -0.1) is 0 Å². The highest BCUT2D eigenvalue weighted by Gasteiger charge is 2.30. The summed E-state index contributed by atoms with van der Waals surface area (Å²) in [5.74, 6) is 3.95. The molecule has 0 aromatic rings. The number of hydrogen-bond donors (Lipinski definition) is 1. The Balaban J connectivity index is 1.18. The van der Waals surface area contributed by atoms with Crippen LogP contribution in [0, 0.1) is 23.7 Å². The molecular formula is C21H37N. The van der Waals surface area contributed by atoms with E-state index in [1.54, 1.807) is 0 Å². The SMILES string of the molecule is CC(CCCC1C=CC1)CC1CC(CNC2CCCCC2)C1. The Bertz CT molecular complexity index is 336. The van der Waals surface area contributed by atoms with Gasteiger partial charge < -0.3 is 5.32 Å². The van der Waals surface area contributed by atoms with Crippen molar-refractivity contribution in [3.63, 3.8) is 0 Å². The average molecular weight is 304 g/mol. The van der Waals surface area contributed by atoms with E-state index in [-0.39, 0.29) is 0 Å². The van der Waals surface area contributed by atoms with Gasteiger partial charge in [0.25, 0.3) is 0 Å². The highest BCUT2D eigenvalue weighted by Crippen LogP contribution is 2.39. The summed E-state index contributed by atoms with van der Waals surface area (Å²) in [4.78, 5) is 0. The third-order valence-electron chi connectivity index (χ3n) is 6.49. The number of allylic oxidation sites excluding steroid dienone is 2. The van der Waals surface area contributed by atoms with E-state index in [2.05, 4.69) is 24.4 Å². The highest BCUT2D eigenvalue weighted by molar-refractivity contribution is 5.01. The van der Waals surface area contributed by atoms with Crippen molar-refractivity contribution in [1.82, 2.24) is 5.32 Å². The van der Waals surface area contributed by atoms with Gasteiger partial charge in [0.2, 0.25) is 0 Å². The predicted molar refractivity (Wildman–Crippen MR) is 96.0 cm³/mol. The number of nitrogens with one attached hydrogen (secondary N) is 1. The lowest BCUT2D eigenvalue weighted by atomic mass is 9.70. The first-order valence-corrected chi connectivity index (χ1v) is 10.2. The van der Waals surface area contributed by atoms with Gasteiger partial charge in [-0.2, -0.15) is 0 Å². The lowest BCUT2D eigenvalue weighted by Gasteiger charge is -2.38. The Morgan fingerprint density at radius 3 is 2.55 bits per heavy atom. The Morgan fingerprint density at radius 2 is 1.86 bits per heavy atom. The molecule has 3 rings (SSSR count). The predicted octanol–water partition coefficient (Wildman–Crippen LogP) is 5.71. The minimum absolute atomic E-state index is 0.854. The fraction of sp³-hybridized carbons (Fsp3) is 0.905. The van der Waals surface area contributed by atoms with Crippen LogP contribution in [0.2, 0.25) is 0 Å². The first-order chi connectivity index (χ1) is 10.8. The van der Waals surface area contributed by atoms with Gasteiger partial charge in [0.1, 0.15) is 0 Å². The second-order valence-corrected chi connectivity index (χ2v) is 8.64. The molecule has 2 atom stereocenters. The van der Waals surface area contributed by atoms with E-state index < -0.39 is 0 Å². The van der Waals surface area contributed by atoms with Crippen LogP contribution in [0.4, 0.5) is 0 Å². The molecule has 0 spiro atoms. The van der Waals surface area contributed by atoms with Crippen LogP contribution in [0.5, 0.6) is 0 Å². The topological polar surface area (TPSA) is 12.0 Å². The van der Waals surface area contributed by atoms with Crippen LogP contribution in [0.15, 0.2) is 12.2 Å². The first kappa shape index (κ1) is 16.6.